The Morgan fingerprint density at radius 3 is 2.10 bits per heavy atom. The number of anilines is 3. The van der Waals surface area contributed by atoms with Gasteiger partial charge in [0.1, 0.15) is 0 Å². The third kappa shape index (κ3) is 2.45. The fraction of sp³-hybridized carbons (Fsp3) is 0. The maximum atomic E-state index is 13.2. The van der Waals surface area contributed by atoms with E-state index >= 15 is 0 Å². The number of hydrogen-bond donors (Lipinski definition) is 2. The summed E-state index contributed by atoms with van der Waals surface area (Å²) in [4.78, 5) is 8.34. The average molecular weight is 290 g/mol. The Labute approximate surface area is 117 Å². The predicted octanol–water partition coefficient (Wildman–Crippen LogP) is 3.37. The van der Waals surface area contributed by atoms with Crippen LogP contribution in [-0.4, -0.2) is 9.97 Å². The van der Waals surface area contributed by atoms with Gasteiger partial charge in [0.25, 0.3) is 0 Å². The second kappa shape index (κ2) is 4.93. The smallest absolute Gasteiger partial charge is 0.194 e. The zero-order valence-corrected chi connectivity index (χ0v) is 10.6. The highest BCUT2D eigenvalue weighted by Gasteiger charge is 2.12. The summed E-state index contributed by atoms with van der Waals surface area (Å²) in [5.74, 6) is -3.93. The van der Waals surface area contributed by atoms with Crippen LogP contribution < -0.4 is 11.1 Å². The van der Waals surface area contributed by atoms with E-state index < -0.39 is 17.5 Å². The molecule has 21 heavy (non-hydrogen) atoms. The van der Waals surface area contributed by atoms with Crippen LogP contribution >= 0.6 is 0 Å². The summed E-state index contributed by atoms with van der Waals surface area (Å²) < 4.78 is 39.3. The number of nitrogens with two attached hydrogens (primary N) is 1. The standard InChI is InChI=1S/C14H9F3N4/c15-8-5-7(6-9(16)12(8)17)19-14-13(18)20-10-3-1-2-4-11(10)21-14/h1-6H,(H2,18,20)(H,19,21). The summed E-state index contributed by atoms with van der Waals surface area (Å²) >= 11 is 0. The van der Waals surface area contributed by atoms with Crippen molar-refractivity contribution in [2.24, 2.45) is 0 Å². The van der Waals surface area contributed by atoms with Crippen LogP contribution in [0.4, 0.5) is 30.5 Å². The van der Waals surface area contributed by atoms with Crippen molar-refractivity contribution in [1.82, 2.24) is 9.97 Å². The highest BCUT2D eigenvalue weighted by Crippen LogP contribution is 2.24. The van der Waals surface area contributed by atoms with Crippen LogP contribution in [0.3, 0.4) is 0 Å². The van der Waals surface area contributed by atoms with Crippen LogP contribution in [0.15, 0.2) is 36.4 Å². The highest BCUT2D eigenvalue weighted by atomic mass is 19.2. The molecule has 0 amide bonds. The molecule has 0 aliphatic heterocycles. The molecule has 2 aromatic carbocycles. The Balaban J connectivity index is 2.03. The van der Waals surface area contributed by atoms with Gasteiger partial charge in [0.05, 0.1) is 11.0 Å². The molecule has 7 heteroatoms. The SMILES string of the molecule is Nc1nc2ccccc2nc1Nc1cc(F)c(F)c(F)c1. The molecule has 0 saturated heterocycles. The van der Waals surface area contributed by atoms with Gasteiger partial charge in [-0.1, -0.05) is 12.1 Å². The zero-order chi connectivity index (χ0) is 15.0. The summed E-state index contributed by atoms with van der Waals surface area (Å²) in [6, 6.07) is 8.64. The van der Waals surface area contributed by atoms with E-state index in [0.29, 0.717) is 11.0 Å². The summed E-state index contributed by atoms with van der Waals surface area (Å²) in [6.07, 6.45) is 0. The van der Waals surface area contributed by atoms with Crippen LogP contribution in [0.25, 0.3) is 11.0 Å². The molecule has 1 heterocycles. The number of nitrogens with zero attached hydrogens (tertiary/aromatic N) is 2. The lowest BCUT2D eigenvalue weighted by Gasteiger charge is -2.09. The Bertz CT molecular complexity index is 813. The monoisotopic (exact) mass is 290 g/mol. The summed E-state index contributed by atoms with van der Waals surface area (Å²) in [7, 11) is 0. The van der Waals surface area contributed by atoms with Gasteiger partial charge in [-0.05, 0) is 12.1 Å². The number of halogens is 3. The molecule has 0 atom stereocenters. The molecule has 4 nitrogen and oxygen atoms in total. The highest BCUT2D eigenvalue weighted by molar-refractivity contribution is 5.80. The molecular weight excluding hydrogens is 281 g/mol. The molecular formula is C14H9F3N4. The first kappa shape index (κ1) is 13.2. The van der Waals surface area contributed by atoms with Crippen molar-refractivity contribution in [3.8, 4) is 0 Å². The molecule has 1 aromatic heterocycles. The summed E-state index contributed by atoms with van der Waals surface area (Å²) in [5, 5.41) is 2.63. The van der Waals surface area contributed by atoms with Gasteiger partial charge < -0.3 is 11.1 Å². The molecule has 0 aliphatic rings. The van der Waals surface area contributed by atoms with E-state index in [2.05, 4.69) is 15.3 Å². The van der Waals surface area contributed by atoms with Crippen molar-refractivity contribution in [3.05, 3.63) is 53.8 Å². The van der Waals surface area contributed by atoms with Crippen LogP contribution in [0.2, 0.25) is 0 Å². The lowest BCUT2D eigenvalue weighted by Crippen LogP contribution is -2.03. The molecule has 0 radical (unpaired) electrons. The maximum Gasteiger partial charge on any atom is 0.194 e. The third-order valence-electron chi connectivity index (χ3n) is 2.84. The molecule has 0 fully saturated rings. The third-order valence-corrected chi connectivity index (χ3v) is 2.84. The minimum atomic E-state index is -1.53. The van der Waals surface area contributed by atoms with Crippen LogP contribution in [-0.2, 0) is 0 Å². The number of hydrogen-bond acceptors (Lipinski definition) is 4. The minimum Gasteiger partial charge on any atom is -0.381 e. The zero-order valence-electron chi connectivity index (χ0n) is 10.6. The molecule has 0 spiro atoms. The predicted molar refractivity (Wildman–Crippen MR) is 73.5 cm³/mol. The molecule has 0 aliphatic carbocycles. The van der Waals surface area contributed by atoms with Crippen molar-refractivity contribution in [3.63, 3.8) is 0 Å². The van der Waals surface area contributed by atoms with Gasteiger partial charge in [-0.15, -0.1) is 0 Å². The largest absolute Gasteiger partial charge is 0.381 e. The van der Waals surface area contributed by atoms with E-state index in [1.807, 2.05) is 0 Å². The van der Waals surface area contributed by atoms with Gasteiger partial charge in [-0.25, -0.2) is 23.1 Å². The van der Waals surface area contributed by atoms with Gasteiger partial charge in [0.2, 0.25) is 0 Å². The molecule has 106 valence electrons. The van der Waals surface area contributed by atoms with Gasteiger partial charge in [0.15, 0.2) is 29.1 Å². The maximum absolute atomic E-state index is 13.2. The Morgan fingerprint density at radius 1 is 0.905 bits per heavy atom. The number of fused-ring (bicyclic) bond motifs is 1. The normalized spacial score (nSPS) is 10.8. The summed E-state index contributed by atoms with van der Waals surface area (Å²) in [5.41, 5.74) is 6.89. The molecule has 3 N–H and O–H groups in total. The van der Waals surface area contributed by atoms with Gasteiger partial charge in [-0.2, -0.15) is 0 Å². The first-order chi connectivity index (χ1) is 10.0. The second-order valence-corrected chi connectivity index (χ2v) is 4.33. The van der Waals surface area contributed by atoms with E-state index in [-0.39, 0.29) is 17.3 Å². The van der Waals surface area contributed by atoms with Crippen LogP contribution in [0.5, 0.6) is 0 Å². The first-order valence-corrected chi connectivity index (χ1v) is 5.98. The first-order valence-electron chi connectivity index (χ1n) is 5.98. The van der Waals surface area contributed by atoms with Gasteiger partial charge in [0, 0.05) is 17.8 Å². The number of benzene rings is 2. The Hall–Kier alpha value is -2.83. The summed E-state index contributed by atoms with van der Waals surface area (Å²) in [6.45, 7) is 0. The molecule has 3 rings (SSSR count). The Kier molecular flexibility index (Phi) is 3.09. The van der Waals surface area contributed by atoms with Gasteiger partial charge in [-0.3, -0.25) is 0 Å². The van der Waals surface area contributed by atoms with Crippen molar-refractivity contribution in [2.45, 2.75) is 0 Å². The van der Waals surface area contributed by atoms with Gasteiger partial charge >= 0.3 is 0 Å². The van der Waals surface area contributed by atoms with E-state index in [4.69, 9.17) is 5.73 Å². The fourth-order valence-corrected chi connectivity index (χ4v) is 1.87. The second-order valence-electron chi connectivity index (χ2n) is 4.33. The lowest BCUT2D eigenvalue weighted by molar-refractivity contribution is 0.448. The van der Waals surface area contributed by atoms with Crippen molar-refractivity contribution < 1.29 is 13.2 Å². The van der Waals surface area contributed by atoms with Crippen LogP contribution in [0.1, 0.15) is 0 Å². The average Bonchev–Trinajstić information content (AvgIpc) is 2.45. The minimum absolute atomic E-state index is 0.0114. The number of para-hydroxylation sites is 2. The number of nitrogen functional groups attached to an aromatic ring is 1. The molecule has 0 bridgehead atoms. The lowest BCUT2D eigenvalue weighted by atomic mass is 10.2. The van der Waals surface area contributed by atoms with E-state index in [1.165, 1.54) is 0 Å². The van der Waals surface area contributed by atoms with E-state index in [0.717, 1.165) is 12.1 Å². The quantitative estimate of drug-likeness (QED) is 0.710. The van der Waals surface area contributed by atoms with Crippen LogP contribution in [0, 0.1) is 17.5 Å². The molecule has 3 aromatic rings. The molecule has 0 saturated carbocycles. The Morgan fingerprint density at radius 2 is 1.48 bits per heavy atom. The number of nitrogens with one attached hydrogen (secondary N) is 1. The van der Waals surface area contributed by atoms with Crippen molar-refractivity contribution in [1.29, 1.82) is 0 Å². The molecule has 0 unspecified atom stereocenters. The number of rotatable bonds is 2. The number of aromatic nitrogens is 2. The topological polar surface area (TPSA) is 63.8 Å². The van der Waals surface area contributed by atoms with Crippen molar-refractivity contribution in [2.75, 3.05) is 11.1 Å². The van der Waals surface area contributed by atoms with Crippen molar-refractivity contribution >= 4 is 28.4 Å². The van der Waals surface area contributed by atoms with E-state index in [9.17, 15) is 13.2 Å². The fourth-order valence-electron chi connectivity index (χ4n) is 1.87. The van der Waals surface area contributed by atoms with E-state index in [1.54, 1.807) is 24.3 Å².